The van der Waals surface area contributed by atoms with Crippen molar-refractivity contribution >= 4 is 21.7 Å². The number of fused-ring (bicyclic) bond motifs is 1. The topological polar surface area (TPSA) is 35.5 Å². The number of unbranched alkanes of at least 4 members (excludes halogenated alkanes) is 1. The number of rotatable bonds is 5. The number of hydrogen-bond acceptors (Lipinski definition) is 3. The number of ketones is 1. The lowest BCUT2D eigenvalue weighted by Gasteiger charge is -2.28. The minimum absolute atomic E-state index is 0.0800. The summed E-state index contributed by atoms with van der Waals surface area (Å²) in [6, 6.07) is 5.47. The predicted molar refractivity (Wildman–Crippen MR) is 78.5 cm³/mol. The second-order valence-corrected chi connectivity index (χ2v) is 5.67. The van der Waals surface area contributed by atoms with Crippen molar-refractivity contribution in [3.8, 4) is 11.5 Å². The van der Waals surface area contributed by atoms with Crippen LogP contribution in [-0.4, -0.2) is 23.8 Å². The van der Waals surface area contributed by atoms with Gasteiger partial charge >= 0.3 is 0 Å². The molecule has 0 saturated heterocycles. The summed E-state index contributed by atoms with van der Waals surface area (Å²) in [6.45, 7) is 4.51. The van der Waals surface area contributed by atoms with Crippen LogP contribution in [0.4, 0.5) is 0 Å². The van der Waals surface area contributed by atoms with Gasteiger partial charge < -0.3 is 9.47 Å². The van der Waals surface area contributed by atoms with Crippen LogP contribution in [0.5, 0.6) is 11.5 Å². The van der Waals surface area contributed by atoms with Crippen molar-refractivity contribution in [2.45, 2.75) is 32.8 Å². The number of carbonyl (C=O) groups is 1. The van der Waals surface area contributed by atoms with Crippen LogP contribution in [0.25, 0.3) is 0 Å². The smallest absolute Gasteiger partial charge is 0.173 e. The summed E-state index contributed by atoms with van der Waals surface area (Å²) in [6.07, 6.45) is 2.02. The van der Waals surface area contributed by atoms with E-state index in [0.717, 1.165) is 23.9 Å². The Bertz CT molecular complexity index is 459. The van der Waals surface area contributed by atoms with E-state index in [-0.39, 0.29) is 17.8 Å². The largest absolute Gasteiger partial charge is 0.493 e. The first-order valence-corrected chi connectivity index (χ1v) is 7.79. The summed E-state index contributed by atoms with van der Waals surface area (Å²) in [4.78, 5) is 12.1. The van der Waals surface area contributed by atoms with Crippen molar-refractivity contribution in [1.82, 2.24) is 0 Å². The molecule has 2 unspecified atom stereocenters. The van der Waals surface area contributed by atoms with E-state index < -0.39 is 0 Å². The molecule has 0 spiro atoms. The molecule has 3 nitrogen and oxygen atoms in total. The van der Waals surface area contributed by atoms with E-state index >= 15 is 0 Å². The van der Waals surface area contributed by atoms with Crippen LogP contribution < -0.4 is 9.47 Å². The maximum absolute atomic E-state index is 12.1. The summed E-state index contributed by atoms with van der Waals surface area (Å²) < 4.78 is 11.4. The molecule has 1 aromatic carbocycles. The highest BCUT2D eigenvalue weighted by molar-refractivity contribution is 9.09. The fraction of sp³-hybridized carbons (Fsp3) is 0.533. The first-order chi connectivity index (χ1) is 9.13. The zero-order valence-corrected chi connectivity index (χ0v) is 12.9. The van der Waals surface area contributed by atoms with Gasteiger partial charge in [0.05, 0.1) is 18.1 Å². The molecule has 0 aliphatic carbocycles. The molecular formula is C15H19BrO3. The Labute approximate surface area is 122 Å². The van der Waals surface area contributed by atoms with Crippen molar-refractivity contribution in [1.29, 1.82) is 0 Å². The Balaban J connectivity index is 2.07. The Morgan fingerprint density at radius 3 is 2.84 bits per heavy atom. The van der Waals surface area contributed by atoms with Gasteiger partial charge in [-0.3, -0.25) is 4.79 Å². The van der Waals surface area contributed by atoms with E-state index in [0.29, 0.717) is 17.9 Å². The van der Waals surface area contributed by atoms with E-state index in [1.54, 1.807) is 6.07 Å². The molecule has 1 heterocycles. The Morgan fingerprint density at radius 1 is 1.32 bits per heavy atom. The Morgan fingerprint density at radius 2 is 2.11 bits per heavy atom. The molecule has 2 atom stereocenters. The Kier molecular flexibility index (Phi) is 4.86. The third-order valence-corrected chi connectivity index (χ3v) is 4.01. The number of hydrogen-bond donors (Lipinski definition) is 0. The van der Waals surface area contributed by atoms with E-state index in [1.807, 2.05) is 26.0 Å². The minimum atomic E-state index is -0.0850. The number of alkyl halides is 1. The number of Topliss-reactive ketones (excluding diaryl/α,β-unsaturated/α-hetero) is 1. The number of halogens is 1. The third-order valence-electron chi connectivity index (χ3n) is 3.45. The maximum Gasteiger partial charge on any atom is 0.173 e. The SMILES string of the molecule is CC1Oc2cc(OCCCCBr)ccc2C(=O)C1C. The summed E-state index contributed by atoms with van der Waals surface area (Å²) in [5, 5.41) is 0.994. The first-order valence-electron chi connectivity index (χ1n) is 6.67. The molecule has 2 rings (SSSR count). The minimum Gasteiger partial charge on any atom is -0.493 e. The Hall–Kier alpha value is -1.03. The van der Waals surface area contributed by atoms with E-state index in [1.165, 1.54) is 0 Å². The molecule has 19 heavy (non-hydrogen) atoms. The lowest BCUT2D eigenvalue weighted by Crippen LogP contribution is -2.33. The van der Waals surface area contributed by atoms with Gasteiger partial charge in [-0.2, -0.15) is 0 Å². The second kappa shape index (κ2) is 6.42. The average Bonchev–Trinajstić information content (AvgIpc) is 2.41. The van der Waals surface area contributed by atoms with E-state index in [2.05, 4.69) is 15.9 Å². The van der Waals surface area contributed by atoms with Gasteiger partial charge in [-0.1, -0.05) is 22.9 Å². The monoisotopic (exact) mass is 326 g/mol. The van der Waals surface area contributed by atoms with Gasteiger partial charge in [0.25, 0.3) is 0 Å². The number of carbonyl (C=O) groups excluding carboxylic acids is 1. The molecule has 0 saturated carbocycles. The number of ether oxygens (including phenoxy) is 2. The van der Waals surface area contributed by atoms with Crippen molar-refractivity contribution in [3.05, 3.63) is 23.8 Å². The van der Waals surface area contributed by atoms with Gasteiger partial charge in [0, 0.05) is 11.4 Å². The van der Waals surface area contributed by atoms with Crippen molar-refractivity contribution in [2.24, 2.45) is 5.92 Å². The fourth-order valence-electron chi connectivity index (χ4n) is 2.04. The molecule has 1 aromatic rings. The van der Waals surface area contributed by atoms with Gasteiger partial charge in [-0.05, 0) is 31.9 Å². The first kappa shape index (κ1) is 14.4. The molecule has 0 amide bonds. The molecule has 4 heteroatoms. The molecule has 1 aliphatic rings. The number of benzene rings is 1. The van der Waals surface area contributed by atoms with Gasteiger partial charge in [0.2, 0.25) is 0 Å². The lowest BCUT2D eigenvalue weighted by molar-refractivity contribution is 0.0729. The van der Waals surface area contributed by atoms with Crippen LogP contribution in [0.2, 0.25) is 0 Å². The zero-order chi connectivity index (χ0) is 13.8. The molecule has 1 aliphatic heterocycles. The van der Waals surface area contributed by atoms with Crippen LogP contribution in [0, 0.1) is 5.92 Å². The third kappa shape index (κ3) is 3.30. The highest BCUT2D eigenvalue weighted by atomic mass is 79.9. The van der Waals surface area contributed by atoms with Crippen LogP contribution >= 0.6 is 15.9 Å². The van der Waals surface area contributed by atoms with Crippen molar-refractivity contribution in [2.75, 3.05) is 11.9 Å². The zero-order valence-electron chi connectivity index (χ0n) is 11.3. The quantitative estimate of drug-likeness (QED) is 0.609. The summed E-state index contributed by atoms with van der Waals surface area (Å²) >= 11 is 3.39. The van der Waals surface area contributed by atoms with Gasteiger partial charge in [0.1, 0.15) is 17.6 Å². The molecule has 0 bridgehead atoms. The van der Waals surface area contributed by atoms with Gasteiger partial charge in [-0.25, -0.2) is 0 Å². The summed E-state index contributed by atoms with van der Waals surface area (Å²) in [7, 11) is 0. The fourth-order valence-corrected chi connectivity index (χ4v) is 2.44. The van der Waals surface area contributed by atoms with Gasteiger partial charge in [0.15, 0.2) is 5.78 Å². The van der Waals surface area contributed by atoms with E-state index in [4.69, 9.17) is 9.47 Å². The molecular weight excluding hydrogens is 308 g/mol. The highest BCUT2D eigenvalue weighted by Gasteiger charge is 2.31. The average molecular weight is 327 g/mol. The molecule has 0 aromatic heterocycles. The molecule has 0 fully saturated rings. The molecule has 104 valence electrons. The van der Waals surface area contributed by atoms with Crippen molar-refractivity contribution < 1.29 is 14.3 Å². The maximum atomic E-state index is 12.1. The normalized spacial score (nSPS) is 21.7. The summed E-state index contributed by atoms with van der Waals surface area (Å²) in [5.74, 6) is 1.48. The standard InChI is InChI=1S/C15H19BrO3/c1-10-11(2)19-14-9-12(18-8-4-3-7-16)5-6-13(14)15(10)17/h5-6,9-11H,3-4,7-8H2,1-2H3. The van der Waals surface area contributed by atoms with Gasteiger partial charge in [-0.15, -0.1) is 0 Å². The summed E-state index contributed by atoms with van der Waals surface area (Å²) in [5.41, 5.74) is 0.665. The van der Waals surface area contributed by atoms with Crippen LogP contribution in [0.1, 0.15) is 37.0 Å². The van der Waals surface area contributed by atoms with Crippen LogP contribution in [0.15, 0.2) is 18.2 Å². The van der Waals surface area contributed by atoms with Crippen LogP contribution in [0.3, 0.4) is 0 Å². The lowest BCUT2D eigenvalue weighted by atomic mass is 9.91. The van der Waals surface area contributed by atoms with Crippen LogP contribution in [-0.2, 0) is 0 Å². The molecule has 0 N–H and O–H groups in total. The van der Waals surface area contributed by atoms with Crippen molar-refractivity contribution in [3.63, 3.8) is 0 Å². The predicted octanol–water partition coefficient (Wildman–Crippen LogP) is 3.84. The van der Waals surface area contributed by atoms with E-state index in [9.17, 15) is 4.79 Å². The highest BCUT2D eigenvalue weighted by Crippen LogP contribution is 2.33. The molecule has 0 radical (unpaired) electrons. The second-order valence-electron chi connectivity index (χ2n) is 4.88.